The highest BCUT2D eigenvalue weighted by molar-refractivity contribution is 7.59. The zero-order valence-electron chi connectivity index (χ0n) is 17.9. The van der Waals surface area contributed by atoms with Crippen LogP contribution in [0.3, 0.4) is 0 Å². The molecule has 5 nitrogen and oxygen atoms in total. The van der Waals surface area contributed by atoms with E-state index in [0.717, 1.165) is 56.5 Å². The third kappa shape index (κ3) is 5.16. The molecule has 3 aliphatic rings. The number of halogens is 3. The number of anilines is 1. The first-order chi connectivity index (χ1) is 14.8. The molecule has 1 amide bonds. The quantitative estimate of drug-likeness (QED) is 0.663. The van der Waals surface area contributed by atoms with Crippen LogP contribution in [0.15, 0.2) is 12.4 Å². The van der Waals surface area contributed by atoms with Crippen LogP contribution >= 0.6 is 24.8 Å². The lowest BCUT2D eigenvalue weighted by Gasteiger charge is -2.23. The first-order valence-electron chi connectivity index (χ1n) is 11.2. The van der Waals surface area contributed by atoms with Crippen LogP contribution in [0.25, 0.3) is 10.2 Å². The summed E-state index contributed by atoms with van der Waals surface area (Å²) in [5.41, 5.74) is 0.492. The van der Waals surface area contributed by atoms with Crippen molar-refractivity contribution in [3.63, 3.8) is 0 Å². The molecule has 10 heteroatoms. The second kappa shape index (κ2) is 9.00. The number of carbonyl (C=O) groups is 1. The van der Waals surface area contributed by atoms with Crippen LogP contribution in [0, 0.1) is 11.3 Å². The van der Waals surface area contributed by atoms with Gasteiger partial charge in [0.05, 0.1) is 11.8 Å². The molecule has 0 aromatic carbocycles. The van der Waals surface area contributed by atoms with Gasteiger partial charge in [0.15, 0.2) is 0 Å². The van der Waals surface area contributed by atoms with Crippen molar-refractivity contribution in [3.05, 3.63) is 17.3 Å². The van der Waals surface area contributed by atoms with E-state index in [1.807, 2.05) is 0 Å². The molecule has 32 heavy (non-hydrogen) atoms. The van der Waals surface area contributed by atoms with Gasteiger partial charge in [0, 0.05) is 29.9 Å². The predicted molar refractivity (Wildman–Crippen MR) is 125 cm³/mol. The van der Waals surface area contributed by atoms with Crippen molar-refractivity contribution in [1.29, 1.82) is 0 Å². The summed E-state index contributed by atoms with van der Waals surface area (Å²) in [7, 11) is 0. The lowest BCUT2D eigenvalue weighted by molar-refractivity contribution is -0.127. The Bertz CT molecular complexity index is 976. The van der Waals surface area contributed by atoms with Crippen molar-refractivity contribution in [2.24, 2.45) is 11.3 Å². The molecule has 0 bridgehead atoms. The van der Waals surface area contributed by atoms with Crippen molar-refractivity contribution in [2.75, 3.05) is 18.0 Å². The zero-order valence-corrected chi connectivity index (χ0v) is 19.7. The fourth-order valence-electron chi connectivity index (χ4n) is 5.26. The van der Waals surface area contributed by atoms with Crippen LogP contribution < -0.4 is 10.2 Å². The van der Waals surface area contributed by atoms with E-state index < -0.39 is 12.6 Å². The van der Waals surface area contributed by atoms with E-state index in [9.17, 15) is 18.0 Å². The largest absolute Gasteiger partial charge is 0.393 e. The van der Waals surface area contributed by atoms with Gasteiger partial charge in [-0.3, -0.25) is 4.79 Å². The van der Waals surface area contributed by atoms with Crippen molar-refractivity contribution in [3.8, 4) is 0 Å². The Labute approximate surface area is 196 Å². The van der Waals surface area contributed by atoms with E-state index in [1.54, 1.807) is 6.07 Å². The molecule has 2 unspecified atom stereocenters. The number of nitrogens with zero attached hydrogens (tertiary/aromatic N) is 3. The number of fused-ring (bicyclic) bond motifs is 1. The molecule has 3 heterocycles. The van der Waals surface area contributed by atoms with Gasteiger partial charge < -0.3 is 10.2 Å². The SMILES string of the molecule is O=C(NC1CCCN(c2ncnc3sc(CC(F)(F)F)cc23)CC1)C1CCC2(CC2)C1.S. The second-order valence-electron chi connectivity index (χ2n) is 9.48. The summed E-state index contributed by atoms with van der Waals surface area (Å²) in [4.78, 5) is 24.3. The summed E-state index contributed by atoms with van der Waals surface area (Å²) < 4.78 is 38.4. The average Bonchev–Trinajstić information content (AvgIpc) is 3.22. The maximum atomic E-state index is 12.8. The van der Waals surface area contributed by atoms with Gasteiger partial charge in [-0.2, -0.15) is 26.7 Å². The molecule has 2 aromatic heterocycles. The number of amides is 1. The first-order valence-corrected chi connectivity index (χ1v) is 12.0. The van der Waals surface area contributed by atoms with Crippen molar-refractivity contribution < 1.29 is 18.0 Å². The average molecular weight is 487 g/mol. The lowest BCUT2D eigenvalue weighted by atomic mass is 10.0. The normalized spacial score (nSPS) is 24.9. The Morgan fingerprint density at radius 1 is 1.19 bits per heavy atom. The summed E-state index contributed by atoms with van der Waals surface area (Å²) in [6.45, 7) is 1.49. The van der Waals surface area contributed by atoms with Crippen LogP contribution in [0.2, 0.25) is 0 Å². The van der Waals surface area contributed by atoms with Gasteiger partial charge in [0.2, 0.25) is 5.91 Å². The van der Waals surface area contributed by atoms with E-state index in [1.165, 1.54) is 25.6 Å². The summed E-state index contributed by atoms with van der Waals surface area (Å²) in [5.74, 6) is 1.08. The van der Waals surface area contributed by atoms with Crippen molar-refractivity contribution in [1.82, 2.24) is 15.3 Å². The van der Waals surface area contributed by atoms with Gasteiger partial charge in [-0.25, -0.2) is 9.97 Å². The number of aromatic nitrogens is 2. The van der Waals surface area contributed by atoms with Crippen LogP contribution in [-0.2, 0) is 11.2 Å². The summed E-state index contributed by atoms with van der Waals surface area (Å²) in [6.07, 6.45) is 4.73. The predicted octanol–water partition coefficient (Wildman–Crippen LogP) is 4.96. The molecule has 2 atom stereocenters. The van der Waals surface area contributed by atoms with Gasteiger partial charge in [-0.05, 0) is 62.8 Å². The Hall–Kier alpha value is -1.55. The second-order valence-corrected chi connectivity index (χ2v) is 10.6. The van der Waals surface area contributed by atoms with Crippen molar-refractivity contribution >= 4 is 46.8 Å². The third-order valence-electron chi connectivity index (χ3n) is 7.14. The molecular formula is C22H29F3N4OS2. The molecular weight excluding hydrogens is 457 g/mol. The van der Waals surface area contributed by atoms with Crippen LogP contribution in [0.5, 0.6) is 0 Å². The Kier molecular flexibility index (Phi) is 6.64. The Morgan fingerprint density at radius 3 is 2.72 bits per heavy atom. The highest BCUT2D eigenvalue weighted by atomic mass is 32.1. The minimum absolute atomic E-state index is 0. The standard InChI is InChI=1S/C22H27F3N4OS.H2S/c23-22(24,25)12-16-10-17-18(26-13-27-20(17)31-16)29-8-1-2-15(4-9-29)28-19(30)14-3-5-21(11-14)6-7-21;/h10,13-15H,1-9,11-12H2,(H,28,30);1H2. The molecule has 2 saturated carbocycles. The highest BCUT2D eigenvalue weighted by Crippen LogP contribution is 2.59. The van der Waals surface area contributed by atoms with E-state index in [4.69, 9.17) is 0 Å². The summed E-state index contributed by atoms with van der Waals surface area (Å²) in [6, 6.07) is 1.73. The fraction of sp³-hybridized carbons (Fsp3) is 0.682. The monoisotopic (exact) mass is 486 g/mol. The molecule has 1 spiro atoms. The molecule has 0 radical (unpaired) electrons. The minimum Gasteiger partial charge on any atom is -0.356 e. The van der Waals surface area contributed by atoms with Crippen LogP contribution in [0.4, 0.5) is 19.0 Å². The summed E-state index contributed by atoms with van der Waals surface area (Å²) in [5, 5.41) is 3.97. The highest BCUT2D eigenvalue weighted by Gasteiger charge is 2.49. The molecule has 1 saturated heterocycles. The van der Waals surface area contributed by atoms with E-state index in [0.29, 0.717) is 21.4 Å². The number of carbonyl (C=O) groups excluding carboxylic acids is 1. The van der Waals surface area contributed by atoms with Crippen LogP contribution in [-0.4, -0.2) is 41.2 Å². The number of alkyl halides is 3. The number of hydrogen-bond donors (Lipinski definition) is 1. The van der Waals surface area contributed by atoms with Gasteiger partial charge in [0.1, 0.15) is 17.0 Å². The topological polar surface area (TPSA) is 58.1 Å². The van der Waals surface area contributed by atoms with Crippen LogP contribution in [0.1, 0.15) is 56.2 Å². The minimum atomic E-state index is -4.24. The number of thiophene rings is 1. The summed E-state index contributed by atoms with van der Waals surface area (Å²) >= 11 is 1.08. The number of hydrogen-bond acceptors (Lipinski definition) is 5. The molecule has 1 N–H and O–H groups in total. The molecule has 2 aliphatic carbocycles. The van der Waals surface area contributed by atoms with E-state index in [2.05, 4.69) is 20.2 Å². The molecule has 5 rings (SSSR count). The fourth-order valence-corrected chi connectivity index (χ4v) is 6.28. The van der Waals surface area contributed by atoms with E-state index >= 15 is 0 Å². The number of rotatable bonds is 4. The van der Waals surface area contributed by atoms with Crippen molar-refractivity contribution in [2.45, 2.75) is 70.0 Å². The number of nitrogens with one attached hydrogen (secondary N) is 1. The van der Waals surface area contributed by atoms with E-state index in [-0.39, 0.29) is 36.2 Å². The Morgan fingerprint density at radius 2 is 2.00 bits per heavy atom. The Balaban J connectivity index is 0.00000245. The smallest absolute Gasteiger partial charge is 0.356 e. The van der Waals surface area contributed by atoms with Gasteiger partial charge in [-0.1, -0.05) is 0 Å². The molecule has 1 aliphatic heterocycles. The zero-order chi connectivity index (χ0) is 21.6. The van der Waals surface area contributed by atoms with Gasteiger partial charge >= 0.3 is 6.18 Å². The molecule has 3 fully saturated rings. The van der Waals surface area contributed by atoms with Gasteiger partial charge in [-0.15, -0.1) is 11.3 Å². The van der Waals surface area contributed by atoms with Gasteiger partial charge in [0.25, 0.3) is 0 Å². The first kappa shape index (κ1) is 23.6. The third-order valence-corrected chi connectivity index (χ3v) is 8.18. The lowest BCUT2D eigenvalue weighted by Crippen LogP contribution is -2.39. The maximum Gasteiger partial charge on any atom is 0.393 e. The molecule has 2 aromatic rings. The maximum absolute atomic E-state index is 12.8. The molecule has 176 valence electrons.